The molecule has 220 valence electrons. The standard InChI is InChI=1S/C28H31N7O6S/c29-21(36)12-11-18-26(40)35(28(42)32-18)14-5-4-13-34-20-10-6-9-17(22(20)33-25(39)27(34)41)24(38)31-19(23(30)37)15-16-7-2-1-3-8-16/h1-3,6-10,18-19H,4-5,11-15H2,(H2,29,36)(H2,30,37)(H,31,38)(H,32,42)(H,33,39)/t18?,19-/m0/s1. The SMILES string of the molecule is NC(=O)CCC1NC(=S)N(CCCCn2c(=O)c(=O)[nH]c3c(C(=O)N[C@@H](Cc4ccccc4)C(N)=O)cccc32)C1=O. The molecule has 0 radical (unpaired) electrons. The summed E-state index contributed by atoms with van der Waals surface area (Å²) in [6, 6.07) is 12.1. The molecule has 2 aromatic carbocycles. The van der Waals surface area contributed by atoms with E-state index in [-0.39, 0.29) is 54.5 Å². The first kappa shape index (κ1) is 30.1. The lowest BCUT2D eigenvalue weighted by Crippen LogP contribution is -2.46. The summed E-state index contributed by atoms with van der Waals surface area (Å²) in [5.41, 5.74) is 10.4. The third kappa shape index (κ3) is 6.89. The van der Waals surface area contributed by atoms with Gasteiger partial charge in [0, 0.05) is 25.9 Å². The fourth-order valence-corrected chi connectivity index (χ4v) is 5.15. The van der Waals surface area contributed by atoms with Crippen molar-refractivity contribution in [3.63, 3.8) is 0 Å². The average Bonchev–Trinajstić information content (AvgIpc) is 3.23. The largest absolute Gasteiger partial charge is 0.370 e. The van der Waals surface area contributed by atoms with Crippen LogP contribution in [0, 0.1) is 0 Å². The lowest BCUT2D eigenvalue weighted by atomic mass is 10.0. The van der Waals surface area contributed by atoms with Crippen LogP contribution in [0.1, 0.15) is 41.6 Å². The van der Waals surface area contributed by atoms with E-state index in [1.807, 2.05) is 18.2 Å². The van der Waals surface area contributed by atoms with E-state index >= 15 is 0 Å². The molecule has 3 aromatic rings. The highest BCUT2D eigenvalue weighted by molar-refractivity contribution is 7.80. The Morgan fingerprint density at radius 3 is 2.38 bits per heavy atom. The van der Waals surface area contributed by atoms with Gasteiger partial charge in [0.15, 0.2) is 5.11 Å². The number of carbonyl (C=O) groups is 4. The van der Waals surface area contributed by atoms with E-state index in [2.05, 4.69) is 15.6 Å². The van der Waals surface area contributed by atoms with E-state index in [0.29, 0.717) is 18.4 Å². The molecule has 0 spiro atoms. The number of nitrogens with one attached hydrogen (secondary N) is 3. The average molecular weight is 594 g/mol. The van der Waals surface area contributed by atoms with Crippen LogP contribution in [0.3, 0.4) is 0 Å². The van der Waals surface area contributed by atoms with Crippen LogP contribution < -0.4 is 33.2 Å². The van der Waals surface area contributed by atoms with Crippen LogP contribution in [0.4, 0.5) is 0 Å². The van der Waals surface area contributed by atoms with Crippen molar-refractivity contribution in [3.8, 4) is 0 Å². The van der Waals surface area contributed by atoms with Gasteiger partial charge < -0.3 is 31.7 Å². The summed E-state index contributed by atoms with van der Waals surface area (Å²) < 4.78 is 1.28. The number of H-pyrrole nitrogens is 1. The number of amides is 4. The van der Waals surface area contributed by atoms with Crippen molar-refractivity contribution in [3.05, 3.63) is 80.4 Å². The van der Waals surface area contributed by atoms with Crippen molar-refractivity contribution in [1.82, 2.24) is 25.1 Å². The zero-order valence-corrected chi connectivity index (χ0v) is 23.4. The monoisotopic (exact) mass is 593 g/mol. The number of primary amides is 2. The second-order valence-electron chi connectivity index (χ2n) is 9.93. The fourth-order valence-electron chi connectivity index (χ4n) is 4.83. The van der Waals surface area contributed by atoms with Gasteiger partial charge in [-0.05, 0) is 49.2 Å². The Kier molecular flexibility index (Phi) is 9.47. The first-order valence-electron chi connectivity index (χ1n) is 13.4. The third-order valence-electron chi connectivity index (χ3n) is 6.99. The maximum atomic E-state index is 13.2. The van der Waals surface area contributed by atoms with E-state index in [1.165, 1.54) is 15.5 Å². The molecule has 14 heteroatoms. The minimum atomic E-state index is -1.00. The maximum absolute atomic E-state index is 13.2. The molecule has 42 heavy (non-hydrogen) atoms. The Morgan fingerprint density at radius 2 is 1.69 bits per heavy atom. The zero-order valence-electron chi connectivity index (χ0n) is 22.6. The number of nitrogens with two attached hydrogens (primary N) is 2. The molecule has 1 aliphatic heterocycles. The second-order valence-corrected chi connectivity index (χ2v) is 10.3. The molecule has 7 N–H and O–H groups in total. The molecular formula is C28H31N7O6S. The molecule has 13 nitrogen and oxygen atoms in total. The van der Waals surface area contributed by atoms with Crippen LogP contribution in [0.15, 0.2) is 58.1 Å². The van der Waals surface area contributed by atoms with Crippen molar-refractivity contribution in [1.29, 1.82) is 0 Å². The molecule has 1 unspecified atom stereocenters. The number of carbonyl (C=O) groups excluding carboxylic acids is 4. The van der Waals surface area contributed by atoms with Crippen molar-refractivity contribution in [2.24, 2.45) is 11.5 Å². The van der Waals surface area contributed by atoms with Gasteiger partial charge >= 0.3 is 11.1 Å². The summed E-state index contributed by atoms with van der Waals surface area (Å²) in [4.78, 5) is 78.3. The molecular weight excluding hydrogens is 562 g/mol. The Morgan fingerprint density at radius 1 is 0.976 bits per heavy atom. The number of aromatic amines is 1. The highest BCUT2D eigenvalue weighted by atomic mass is 32.1. The first-order valence-corrected chi connectivity index (χ1v) is 13.8. The summed E-state index contributed by atoms with van der Waals surface area (Å²) in [6.07, 6.45) is 1.33. The number of para-hydroxylation sites is 1. The van der Waals surface area contributed by atoms with Crippen molar-refractivity contribution >= 4 is 52.0 Å². The fraction of sp³-hybridized carbons (Fsp3) is 0.321. The van der Waals surface area contributed by atoms with Crippen LogP contribution in [0.2, 0.25) is 0 Å². The number of hydrogen-bond acceptors (Lipinski definition) is 7. The van der Waals surface area contributed by atoms with Crippen LogP contribution in [0.5, 0.6) is 0 Å². The molecule has 0 bridgehead atoms. The van der Waals surface area contributed by atoms with E-state index in [0.717, 1.165) is 5.56 Å². The number of aryl methyl sites for hydroxylation is 1. The van der Waals surface area contributed by atoms with E-state index in [9.17, 15) is 28.8 Å². The van der Waals surface area contributed by atoms with E-state index in [4.69, 9.17) is 23.7 Å². The highest BCUT2D eigenvalue weighted by Crippen LogP contribution is 2.17. The number of thiocarbonyl (C=S) groups is 1. The molecule has 1 fully saturated rings. The minimum absolute atomic E-state index is 0.0502. The molecule has 0 aliphatic carbocycles. The summed E-state index contributed by atoms with van der Waals surface area (Å²) in [5, 5.41) is 5.78. The predicted octanol–water partition coefficient (Wildman–Crippen LogP) is -0.353. The molecule has 4 rings (SSSR count). The molecule has 0 saturated carbocycles. The topological polar surface area (TPSA) is 202 Å². The van der Waals surface area contributed by atoms with Gasteiger partial charge in [-0.25, -0.2) is 0 Å². The Bertz CT molecular complexity index is 1650. The normalized spacial score (nSPS) is 15.4. The van der Waals surface area contributed by atoms with Gasteiger partial charge in [0.25, 0.3) is 11.8 Å². The number of rotatable bonds is 13. The van der Waals surface area contributed by atoms with Gasteiger partial charge in [0.05, 0.1) is 16.6 Å². The van der Waals surface area contributed by atoms with E-state index < -0.39 is 40.9 Å². The van der Waals surface area contributed by atoms with Gasteiger partial charge in [-0.1, -0.05) is 36.4 Å². The lowest BCUT2D eigenvalue weighted by molar-refractivity contribution is -0.127. The van der Waals surface area contributed by atoms with Crippen molar-refractivity contribution < 1.29 is 19.2 Å². The van der Waals surface area contributed by atoms with Crippen molar-refractivity contribution in [2.75, 3.05) is 6.54 Å². The van der Waals surface area contributed by atoms with E-state index in [1.54, 1.807) is 24.3 Å². The number of fused-ring (bicyclic) bond motifs is 1. The smallest absolute Gasteiger partial charge is 0.316 e. The number of nitrogens with zero attached hydrogens (tertiary/aromatic N) is 2. The molecule has 1 aromatic heterocycles. The number of benzene rings is 2. The quantitative estimate of drug-likeness (QED) is 0.100. The Balaban J connectivity index is 1.47. The first-order chi connectivity index (χ1) is 20.1. The summed E-state index contributed by atoms with van der Waals surface area (Å²) in [7, 11) is 0. The summed E-state index contributed by atoms with van der Waals surface area (Å²) >= 11 is 5.25. The van der Waals surface area contributed by atoms with Crippen molar-refractivity contribution in [2.45, 2.75) is 50.7 Å². The van der Waals surface area contributed by atoms with Crippen LogP contribution in [-0.2, 0) is 27.3 Å². The molecule has 4 amide bonds. The van der Waals surface area contributed by atoms with Crippen LogP contribution >= 0.6 is 12.2 Å². The molecule has 1 saturated heterocycles. The Labute approximate surface area is 245 Å². The highest BCUT2D eigenvalue weighted by Gasteiger charge is 2.34. The van der Waals surface area contributed by atoms with Crippen LogP contribution in [0.25, 0.3) is 11.0 Å². The summed E-state index contributed by atoms with van der Waals surface area (Å²) in [5.74, 6) is -2.12. The minimum Gasteiger partial charge on any atom is -0.370 e. The van der Waals surface area contributed by atoms with Gasteiger partial charge in [0.1, 0.15) is 12.1 Å². The zero-order chi connectivity index (χ0) is 30.4. The predicted molar refractivity (Wildman–Crippen MR) is 158 cm³/mol. The van der Waals surface area contributed by atoms with Gasteiger partial charge in [0.2, 0.25) is 11.8 Å². The van der Waals surface area contributed by atoms with Gasteiger partial charge in [-0.3, -0.25) is 33.7 Å². The summed E-state index contributed by atoms with van der Waals surface area (Å²) in [6.45, 7) is 0.409. The molecule has 2 atom stereocenters. The third-order valence-corrected chi connectivity index (χ3v) is 7.33. The van der Waals surface area contributed by atoms with Gasteiger partial charge in [-0.2, -0.15) is 0 Å². The number of aromatic nitrogens is 2. The van der Waals surface area contributed by atoms with Crippen LogP contribution in [-0.4, -0.2) is 61.8 Å². The molecule has 1 aliphatic rings. The maximum Gasteiger partial charge on any atom is 0.316 e. The lowest BCUT2D eigenvalue weighted by Gasteiger charge is -2.17. The number of unbranched alkanes of at least 4 members (excludes halogenated alkanes) is 1. The second kappa shape index (κ2) is 13.2. The Hall–Kier alpha value is -4.85. The molecule has 2 heterocycles. The number of hydrogen-bond donors (Lipinski definition) is 5. The van der Waals surface area contributed by atoms with Gasteiger partial charge in [-0.15, -0.1) is 0 Å².